The second kappa shape index (κ2) is 8.10. The highest BCUT2D eigenvalue weighted by molar-refractivity contribution is 7.22. The average molecular weight is 367 g/mol. The number of nitrogens with zero attached hydrogens (tertiary/aromatic N) is 1. The number of hydrogen-bond acceptors (Lipinski definition) is 4. The fraction of sp³-hybridized carbons (Fsp3) is 0.250. The van der Waals surface area contributed by atoms with Gasteiger partial charge in [0, 0.05) is 0 Å². The van der Waals surface area contributed by atoms with Crippen LogP contribution in [0.3, 0.4) is 0 Å². The van der Waals surface area contributed by atoms with E-state index < -0.39 is 6.04 Å². The highest BCUT2D eigenvalue weighted by Crippen LogP contribution is 2.25. The van der Waals surface area contributed by atoms with E-state index in [0.717, 1.165) is 15.8 Å². The monoisotopic (exact) mass is 367 g/mol. The van der Waals surface area contributed by atoms with Gasteiger partial charge in [-0.05, 0) is 23.6 Å². The second-order valence-corrected chi connectivity index (χ2v) is 7.46. The topological polar surface area (TPSA) is 71.1 Å². The lowest BCUT2D eigenvalue weighted by atomic mass is 10.0. The van der Waals surface area contributed by atoms with Crippen LogP contribution in [0.25, 0.3) is 10.2 Å². The van der Waals surface area contributed by atoms with Crippen molar-refractivity contribution in [3.8, 4) is 0 Å². The van der Waals surface area contributed by atoms with Crippen LogP contribution in [0.2, 0.25) is 0 Å². The molecule has 0 spiro atoms. The molecular formula is C20H21N3O2S. The van der Waals surface area contributed by atoms with Crippen molar-refractivity contribution in [1.82, 2.24) is 10.3 Å². The number of amides is 2. The van der Waals surface area contributed by atoms with Gasteiger partial charge in [0.25, 0.3) is 0 Å². The minimum absolute atomic E-state index is 0.0379. The summed E-state index contributed by atoms with van der Waals surface area (Å²) in [4.78, 5) is 29.4. The molecule has 0 bridgehead atoms. The molecule has 2 aromatic carbocycles. The van der Waals surface area contributed by atoms with Crippen LogP contribution < -0.4 is 10.6 Å². The summed E-state index contributed by atoms with van der Waals surface area (Å²) >= 11 is 1.42. The first kappa shape index (κ1) is 18.1. The lowest BCUT2D eigenvalue weighted by molar-refractivity contribution is -0.127. The Hall–Kier alpha value is -2.73. The third-order valence-electron chi connectivity index (χ3n) is 4.00. The molecule has 0 radical (unpaired) electrons. The maximum Gasteiger partial charge on any atom is 0.248 e. The van der Waals surface area contributed by atoms with E-state index in [1.54, 1.807) is 0 Å². The molecule has 1 heterocycles. The fourth-order valence-corrected chi connectivity index (χ4v) is 3.52. The first-order chi connectivity index (χ1) is 12.5. The van der Waals surface area contributed by atoms with Gasteiger partial charge in [0.05, 0.1) is 16.6 Å². The molecule has 6 heteroatoms. The Labute approximate surface area is 156 Å². The van der Waals surface area contributed by atoms with E-state index in [0.29, 0.717) is 5.13 Å². The summed E-state index contributed by atoms with van der Waals surface area (Å²) in [5.74, 6) is -0.459. The van der Waals surface area contributed by atoms with E-state index in [-0.39, 0.29) is 24.2 Å². The molecule has 0 aliphatic carbocycles. The van der Waals surface area contributed by atoms with E-state index in [4.69, 9.17) is 0 Å². The summed E-state index contributed by atoms with van der Waals surface area (Å²) < 4.78 is 1.01. The van der Waals surface area contributed by atoms with Crippen LogP contribution in [-0.2, 0) is 16.0 Å². The molecule has 0 fully saturated rings. The zero-order valence-electron chi connectivity index (χ0n) is 14.7. The standard InChI is InChI=1S/C20H21N3O2S/c1-13(2)18(22-17(24)12-14-8-4-3-5-9-14)19(25)23-20-21-15-10-6-7-11-16(15)26-20/h3-11,13,18H,12H2,1-2H3,(H,22,24)(H,21,23,25)/t18-/m0/s1. The Morgan fingerprint density at radius 2 is 1.73 bits per heavy atom. The van der Waals surface area contributed by atoms with Crippen LogP contribution in [0.5, 0.6) is 0 Å². The van der Waals surface area contributed by atoms with Crippen LogP contribution >= 0.6 is 11.3 Å². The zero-order chi connectivity index (χ0) is 18.5. The van der Waals surface area contributed by atoms with Gasteiger partial charge >= 0.3 is 0 Å². The van der Waals surface area contributed by atoms with Gasteiger partial charge in [0.1, 0.15) is 6.04 Å². The number of fused-ring (bicyclic) bond motifs is 1. The number of aromatic nitrogens is 1. The number of carbonyl (C=O) groups excluding carboxylic acids is 2. The van der Waals surface area contributed by atoms with Crippen molar-refractivity contribution >= 4 is 38.5 Å². The number of rotatable bonds is 6. The molecule has 26 heavy (non-hydrogen) atoms. The molecule has 2 N–H and O–H groups in total. The van der Waals surface area contributed by atoms with Gasteiger partial charge in [0.15, 0.2) is 5.13 Å². The summed E-state index contributed by atoms with van der Waals surface area (Å²) in [6.07, 6.45) is 0.248. The van der Waals surface area contributed by atoms with Crippen molar-refractivity contribution in [2.45, 2.75) is 26.3 Å². The Kier molecular flexibility index (Phi) is 5.63. The summed E-state index contributed by atoms with van der Waals surface area (Å²) in [7, 11) is 0. The van der Waals surface area contributed by atoms with Crippen molar-refractivity contribution in [3.63, 3.8) is 0 Å². The molecule has 3 rings (SSSR count). The minimum atomic E-state index is -0.613. The number of thiazole rings is 1. The van der Waals surface area contributed by atoms with Gasteiger partial charge in [-0.25, -0.2) is 4.98 Å². The third-order valence-corrected chi connectivity index (χ3v) is 4.95. The predicted octanol–water partition coefficient (Wildman–Crippen LogP) is 3.62. The molecule has 134 valence electrons. The zero-order valence-corrected chi connectivity index (χ0v) is 15.5. The molecule has 5 nitrogen and oxygen atoms in total. The number of hydrogen-bond donors (Lipinski definition) is 2. The van der Waals surface area contributed by atoms with Crippen LogP contribution in [0.4, 0.5) is 5.13 Å². The lowest BCUT2D eigenvalue weighted by Crippen LogP contribution is -2.47. The highest BCUT2D eigenvalue weighted by Gasteiger charge is 2.25. The van der Waals surface area contributed by atoms with Crippen LogP contribution in [0.15, 0.2) is 54.6 Å². The Bertz CT molecular complexity index is 873. The summed E-state index contributed by atoms with van der Waals surface area (Å²) in [6, 6.07) is 16.6. The van der Waals surface area contributed by atoms with Gasteiger partial charge < -0.3 is 10.6 Å². The van der Waals surface area contributed by atoms with Crippen molar-refractivity contribution < 1.29 is 9.59 Å². The van der Waals surface area contributed by atoms with Gasteiger partial charge in [0.2, 0.25) is 11.8 Å². The number of carbonyl (C=O) groups is 2. The van der Waals surface area contributed by atoms with Crippen molar-refractivity contribution in [2.24, 2.45) is 5.92 Å². The third kappa shape index (κ3) is 4.46. The van der Waals surface area contributed by atoms with E-state index in [1.165, 1.54) is 11.3 Å². The number of benzene rings is 2. The van der Waals surface area contributed by atoms with Crippen LogP contribution in [-0.4, -0.2) is 22.8 Å². The smallest absolute Gasteiger partial charge is 0.248 e. The molecule has 0 saturated carbocycles. The van der Waals surface area contributed by atoms with E-state index >= 15 is 0 Å². The number of anilines is 1. The van der Waals surface area contributed by atoms with Gasteiger partial charge in [-0.2, -0.15) is 0 Å². The first-order valence-corrected chi connectivity index (χ1v) is 9.34. The summed E-state index contributed by atoms with van der Waals surface area (Å²) in [5, 5.41) is 6.22. The predicted molar refractivity (Wildman–Crippen MR) is 105 cm³/mol. The Morgan fingerprint density at radius 1 is 1.04 bits per heavy atom. The number of nitrogens with one attached hydrogen (secondary N) is 2. The maximum absolute atomic E-state index is 12.7. The maximum atomic E-state index is 12.7. The van der Waals surface area contributed by atoms with Crippen LogP contribution in [0.1, 0.15) is 19.4 Å². The SMILES string of the molecule is CC(C)[C@H](NC(=O)Cc1ccccc1)C(=O)Nc1nc2ccccc2s1. The first-order valence-electron chi connectivity index (χ1n) is 8.52. The quantitative estimate of drug-likeness (QED) is 0.699. The van der Waals surface area contributed by atoms with E-state index in [1.807, 2.05) is 68.4 Å². The lowest BCUT2D eigenvalue weighted by Gasteiger charge is -2.21. The highest BCUT2D eigenvalue weighted by atomic mass is 32.1. The second-order valence-electron chi connectivity index (χ2n) is 6.43. The molecule has 1 aromatic heterocycles. The van der Waals surface area contributed by atoms with Gasteiger partial charge in [-0.15, -0.1) is 0 Å². The minimum Gasteiger partial charge on any atom is -0.344 e. The fourth-order valence-electron chi connectivity index (χ4n) is 2.65. The van der Waals surface area contributed by atoms with Crippen molar-refractivity contribution in [1.29, 1.82) is 0 Å². The largest absolute Gasteiger partial charge is 0.344 e. The number of para-hydroxylation sites is 1. The van der Waals surface area contributed by atoms with Crippen molar-refractivity contribution in [3.05, 3.63) is 60.2 Å². The molecule has 0 unspecified atom stereocenters. The molecule has 0 saturated heterocycles. The van der Waals surface area contributed by atoms with E-state index in [9.17, 15) is 9.59 Å². The normalized spacial score (nSPS) is 12.1. The molecule has 2 amide bonds. The van der Waals surface area contributed by atoms with Gasteiger partial charge in [-0.1, -0.05) is 67.6 Å². The molecule has 0 aliphatic heterocycles. The Balaban J connectivity index is 1.66. The molecule has 1 atom stereocenters. The molecule has 0 aliphatic rings. The molecular weight excluding hydrogens is 346 g/mol. The Morgan fingerprint density at radius 3 is 2.42 bits per heavy atom. The average Bonchev–Trinajstić information content (AvgIpc) is 3.02. The van der Waals surface area contributed by atoms with Crippen LogP contribution in [0, 0.1) is 5.92 Å². The summed E-state index contributed by atoms with van der Waals surface area (Å²) in [6.45, 7) is 3.82. The van der Waals surface area contributed by atoms with Gasteiger partial charge in [-0.3, -0.25) is 9.59 Å². The van der Waals surface area contributed by atoms with Crippen molar-refractivity contribution in [2.75, 3.05) is 5.32 Å². The summed E-state index contributed by atoms with van der Waals surface area (Å²) in [5.41, 5.74) is 1.76. The van der Waals surface area contributed by atoms with E-state index in [2.05, 4.69) is 15.6 Å². The molecule has 3 aromatic rings.